The minimum atomic E-state index is 1.01. The van der Waals surface area contributed by atoms with E-state index in [4.69, 9.17) is 5.14 Å². The summed E-state index contributed by atoms with van der Waals surface area (Å²) in [5.41, 5.74) is 4.77. The maximum absolute atomic E-state index is 5.31. The highest BCUT2D eigenvalue weighted by Gasteiger charge is 1.90. The minimum Gasteiger partial charge on any atom is -0.325 e. The molecule has 0 aliphatic carbocycles. The second-order valence-electron chi connectivity index (χ2n) is 1.77. The van der Waals surface area contributed by atoms with Crippen LogP contribution in [0.25, 0.3) is 0 Å². The van der Waals surface area contributed by atoms with Crippen molar-refractivity contribution in [3.05, 3.63) is 24.3 Å². The fourth-order valence-electron chi connectivity index (χ4n) is 0.619. The molecule has 1 aromatic carbocycles. The van der Waals surface area contributed by atoms with Crippen molar-refractivity contribution in [2.45, 2.75) is 4.90 Å². The monoisotopic (exact) mass is 141 g/mol. The maximum Gasteiger partial charge on any atom is 0.129 e. The Bertz CT molecular complexity index is 200. The molecule has 0 heterocycles. The SMILES string of the molecule is NSc1cccc([NH3+])c1. The Kier molecular flexibility index (Phi) is 2.10. The predicted molar refractivity (Wildman–Crippen MR) is 39.0 cm³/mol. The van der Waals surface area contributed by atoms with E-state index in [0.717, 1.165) is 10.6 Å². The van der Waals surface area contributed by atoms with E-state index in [1.807, 2.05) is 24.3 Å². The zero-order valence-electron chi connectivity index (χ0n) is 5.00. The van der Waals surface area contributed by atoms with Gasteiger partial charge in [0.2, 0.25) is 0 Å². The Morgan fingerprint density at radius 3 is 2.67 bits per heavy atom. The lowest BCUT2D eigenvalue weighted by Gasteiger charge is -1.91. The molecule has 0 fully saturated rings. The molecule has 0 radical (unpaired) electrons. The third-order valence-corrected chi connectivity index (χ3v) is 1.56. The molecular formula is C6H9N2S+. The van der Waals surface area contributed by atoms with Gasteiger partial charge in [0.15, 0.2) is 0 Å². The molecule has 0 atom stereocenters. The number of hydrogen-bond donors (Lipinski definition) is 2. The first-order chi connectivity index (χ1) is 4.33. The van der Waals surface area contributed by atoms with Gasteiger partial charge in [0.05, 0.1) is 0 Å². The standard InChI is InChI=1S/C6H8N2S/c7-5-2-1-3-6(4-5)9-8/h1-4H,7-8H2/p+1. The summed E-state index contributed by atoms with van der Waals surface area (Å²) in [4.78, 5) is 1.06. The van der Waals surface area contributed by atoms with E-state index < -0.39 is 0 Å². The van der Waals surface area contributed by atoms with Crippen molar-refractivity contribution in [2.24, 2.45) is 5.14 Å². The highest BCUT2D eigenvalue weighted by Crippen LogP contribution is 2.12. The zero-order chi connectivity index (χ0) is 6.69. The lowest BCUT2D eigenvalue weighted by Crippen LogP contribution is -2.39. The summed E-state index contributed by atoms with van der Waals surface area (Å²) in [5.74, 6) is 0. The van der Waals surface area contributed by atoms with E-state index in [1.165, 1.54) is 11.9 Å². The third kappa shape index (κ3) is 1.71. The molecule has 0 saturated carbocycles. The number of quaternary nitrogens is 1. The maximum atomic E-state index is 5.31. The van der Waals surface area contributed by atoms with Crippen molar-refractivity contribution in [2.75, 3.05) is 0 Å². The van der Waals surface area contributed by atoms with Crippen molar-refractivity contribution in [3.8, 4) is 0 Å². The highest BCUT2D eigenvalue weighted by molar-refractivity contribution is 7.97. The summed E-state index contributed by atoms with van der Waals surface area (Å²) in [5, 5.41) is 5.31. The van der Waals surface area contributed by atoms with Gasteiger partial charge in [0.25, 0.3) is 0 Å². The Morgan fingerprint density at radius 2 is 2.22 bits per heavy atom. The average molecular weight is 141 g/mol. The molecule has 0 saturated heterocycles. The van der Waals surface area contributed by atoms with Crippen LogP contribution in [0.1, 0.15) is 0 Å². The lowest BCUT2D eigenvalue weighted by molar-refractivity contribution is -0.255. The number of nitrogens with two attached hydrogens (primary N) is 1. The van der Waals surface area contributed by atoms with Gasteiger partial charge >= 0.3 is 0 Å². The van der Waals surface area contributed by atoms with Crippen LogP contribution in [0.5, 0.6) is 0 Å². The molecule has 0 amide bonds. The van der Waals surface area contributed by atoms with E-state index in [1.54, 1.807) is 0 Å². The summed E-state index contributed by atoms with van der Waals surface area (Å²) in [6, 6.07) is 7.79. The van der Waals surface area contributed by atoms with Crippen molar-refractivity contribution >= 4 is 17.6 Å². The molecule has 1 aromatic rings. The van der Waals surface area contributed by atoms with E-state index in [2.05, 4.69) is 5.73 Å². The molecule has 48 valence electrons. The zero-order valence-corrected chi connectivity index (χ0v) is 5.82. The molecule has 1 rings (SSSR count). The van der Waals surface area contributed by atoms with Crippen molar-refractivity contribution in [3.63, 3.8) is 0 Å². The molecule has 0 spiro atoms. The Hall–Kier alpha value is -0.510. The fraction of sp³-hybridized carbons (Fsp3) is 0. The largest absolute Gasteiger partial charge is 0.325 e. The first-order valence-corrected chi connectivity index (χ1v) is 3.49. The van der Waals surface area contributed by atoms with Gasteiger partial charge in [-0.2, -0.15) is 0 Å². The quantitative estimate of drug-likeness (QED) is 0.560. The molecule has 5 N–H and O–H groups in total. The van der Waals surface area contributed by atoms with Gasteiger partial charge in [0.1, 0.15) is 5.69 Å². The van der Waals surface area contributed by atoms with Crippen LogP contribution in [0.3, 0.4) is 0 Å². The van der Waals surface area contributed by atoms with Crippen LogP contribution in [0.15, 0.2) is 29.2 Å². The van der Waals surface area contributed by atoms with Crippen LogP contribution >= 0.6 is 11.9 Å². The first-order valence-electron chi connectivity index (χ1n) is 2.61. The Labute approximate surface area is 58.4 Å². The summed E-state index contributed by atoms with van der Waals surface area (Å²) in [6.45, 7) is 0. The second-order valence-corrected chi connectivity index (χ2v) is 2.47. The van der Waals surface area contributed by atoms with Crippen molar-refractivity contribution in [1.29, 1.82) is 0 Å². The molecule has 0 aliphatic heterocycles. The van der Waals surface area contributed by atoms with E-state index in [-0.39, 0.29) is 0 Å². The van der Waals surface area contributed by atoms with E-state index >= 15 is 0 Å². The van der Waals surface area contributed by atoms with Gasteiger partial charge in [-0.25, -0.2) is 0 Å². The first kappa shape index (κ1) is 6.61. The Balaban J connectivity index is 2.94. The lowest BCUT2D eigenvalue weighted by atomic mass is 10.3. The van der Waals surface area contributed by atoms with Gasteiger partial charge < -0.3 is 5.73 Å². The van der Waals surface area contributed by atoms with Crippen molar-refractivity contribution in [1.82, 2.24) is 0 Å². The van der Waals surface area contributed by atoms with Crippen LogP contribution in [0.2, 0.25) is 0 Å². The van der Waals surface area contributed by atoms with Crippen LogP contribution < -0.4 is 10.9 Å². The topological polar surface area (TPSA) is 53.7 Å². The molecule has 0 aromatic heterocycles. The van der Waals surface area contributed by atoms with Gasteiger partial charge in [-0.15, -0.1) is 0 Å². The van der Waals surface area contributed by atoms with Gasteiger partial charge in [-0.1, -0.05) is 6.07 Å². The van der Waals surface area contributed by atoms with E-state index in [9.17, 15) is 0 Å². The summed E-state index contributed by atoms with van der Waals surface area (Å²) in [6.07, 6.45) is 0. The molecule has 9 heavy (non-hydrogen) atoms. The molecular weight excluding hydrogens is 132 g/mol. The number of benzene rings is 1. The van der Waals surface area contributed by atoms with Crippen LogP contribution in [-0.4, -0.2) is 0 Å². The molecule has 2 nitrogen and oxygen atoms in total. The van der Waals surface area contributed by atoms with Gasteiger partial charge in [-0.3, -0.25) is 5.14 Å². The van der Waals surface area contributed by atoms with Crippen molar-refractivity contribution < 1.29 is 5.73 Å². The summed E-state index contributed by atoms with van der Waals surface area (Å²) in [7, 11) is 0. The predicted octanol–water partition coefficient (Wildman–Crippen LogP) is 0.526. The molecule has 0 bridgehead atoms. The van der Waals surface area contributed by atoms with Gasteiger partial charge in [-0.05, 0) is 24.1 Å². The number of rotatable bonds is 1. The third-order valence-electron chi connectivity index (χ3n) is 1.03. The summed E-state index contributed by atoms with van der Waals surface area (Å²) >= 11 is 1.24. The van der Waals surface area contributed by atoms with Crippen LogP contribution in [0, 0.1) is 0 Å². The van der Waals surface area contributed by atoms with E-state index in [0.29, 0.717) is 0 Å². The number of hydrogen-bond acceptors (Lipinski definition) is 2. The highest BCUT2D eigenvalue weighted by atomic mass is 32.2. The fourth-order valence-corrected chi connectivity index (χ4v) is 0.995. The van der Waals surface area contributed by atoms with Crippen LogP contribution in [-0.2, 0) is 0 Å². The smallest absolute Gasteiger partial charge is 0.129 e. The normalized spacial score (nSPS) is 9.56. The Morgan fingerprint density at radius 1 is 1.44 bits per heavy atom. The second kappa shape index (κ2) is 2.87. The molecule has 3 heteroatoms. The average Bonchev–Trinajstić information content (AvgIpc) is 1.88. The molecule has 0 aliphatic rings. The van der Waals surface area contributed by atoms with Gasteiger partial charge in [0, 0.05) is 11.0 Å². The molecule has 0 unspecified atom stereocenters. The summed E-state index contributed by atoms with van der Waals surface area (Å²) < 4.78 is 0. The minimum absolute atomic E-state index is 1.01. The van der Waals surface area contributed by atoms with Crippen LogP contribution in [0.4, 0.5) is 5.69 Å².